The normalized spacial score (nSPS) is 16.5. The van der Waals surface area contributed by atoms with Gasteiger partial charge in [-0.3, -0.25) is 9.62 Å². The van der Waals surface area contributed by atoms with E-state index in [4.69, 9.17) is 16.1 Å². The van der Waals surface area contributed by atoms with Crippen molar-refractivity contribution in [2.45, 2.75) is 57.0 Å². The molecule has 1 aromatic heterocycles. The van der Waals surface area contributed by atoms with Crippen molar-refractivity contribution in [2.24, 2.45) is 0 Å². The zero-order chi connectivity index (χ0) is 22.2. The third-order valence-corrected chi connectivity index (χ3v) is 7.07. The highest BCUT2D eigenvalue weighted by molar-refractivity contribution is 7.86. The molecule has 0 saturated heterocycles. The van der Waals surface area contributed by atoms with Gasteiger partial charge in [0, 0.05) is 35.6 Å². The Balaban J connectivity index is 1.49. The van der Waals surface area contributed by atoms with E-state index >= 15 is 0 Å². The molecule has 0 amide bonds. The minimum atomic E-state index is -1.42. The highest BCUT2D eigenvalue weighted by atomic mass is 35.5. The van der Waals surface area contributed by atoms with Crippen LogP contribution in [0.4, 0.5) is 5.82 Å². The Morgan fingerprint density at radius 2 is 1.97 bits per heavy atom. The fraction of sp³-hybridized carbons (Fsp3) is 0.375. The van der Waals surface area contributed by atoms with Gasteiger partial charge in [-0.2, -0.15) is 0 Å². The first-order valence-electron chi connectivity index (χ1n) is 10.5. The van der Waals surface area contributed by atoms with Crippen molar-refractivity contribution < 1.29 is 8.73 Å². The predicted octanol–water partition coefficient (Wildman–Crippen LogP) is 5.88. The number of benzene rings is 2. The van der Waals surface area contributed by atoms with Crippen LogP contribution in [0.3, 0.4) is 0 Å². The molecule has 164 valence electrons. The summed E-state index contributed by atoms with van der Waals surface area (Å²) in [5, 5.41) is 4.77. The Bertz CT molecular complexity index is 1110. The number of fused-ring (bicyclic) bond motifs is 1. The third-order valence-electron chi connectivity index (χ3n) is 5.76. The molecule has 5 nitrogen and oxygen atoms in total. The van der Waals surface area contributed by atoms with Gasteiger partial charge in [-0.15, -0.1) is 0 Å². The Hall–Kier alpha value is -2.15. The second-order valence-electron chi connectivity index (χ2n) is 9.08. The van der Waals surface area contributed by atoms with Crippen LogP contribution < -0.4 is 4.72 Å². The first-order chi connectivity index (χ1) is 14.7. The second kappa shape index (κ2) is 8.77. The average Bonchev–Trinajstić information content (AvgIpc) is 3.21. The summed E-state index contributed by atoms with van der Waals surface area (Å²) in [5.41, 5.74) is 3.58. The molecule has 1 aliphatic rings. The summed E-state index contributed by atoms with van der Waals surface area (Å²) in [6, 6.07) is 16.2. The summed E-state index contributed by atoms with van der Waals surface area (Å²) in [7, 11) is -1.42. The molecule has 0 fully saturated rings. The zero-order valence-corrected chi connectivity index (χ0v) is 19.9. The molecule has 7 heteroatoms. The monoisotopic (exact) mass is 457 g/mol. The SMILES string of the molecule is CC(c1cccc(Cl)c1)N1CCc2ccc(S(=O)Nc3cc(C(C)(C)C)on3)cc2C1. The lowest BCUT2D eigenvalue weighted by atomic mass is 9.93. The van der Waals surface area contributed by atoms with Gasteiger partial charge in [0.1, 0.15) is 5.76 Å². The van der Waals surface area contributed by atoms with E-state index in [1.807, 2.05) is 57.2 Å². The maximum Gasteiger partial charge on any atom is 0.181 e. The number of nitrogens with zero attached hydrogens (tertiary/aromatic N) is 2. The minimum absolute atomic E-state index is 0.149. The Labute approximate surface area is 191 Å². The maximum atomic E-state index is 12.9. The minimum Gasteiger partial charge on any atom is -0.359 e. The number of anilines is 1. The quantitative estimate of drug-likeness (QED) is 0.519. The van der Waals surface area contributed by atoms with Crippen LogP contribution in [-0.4, -0.2) is 20.8 Å². The molecule has 2 unspecified atom stereocenters. The van der Waals surface area contributed by atoms with Gasteiger partial charge >= 0.3 is 0 Å². The highest BCUT2D eigenvalue weighted by Crippen LogP contribution is 2.30. The van der Waals surface area contributed by atoms with Crippen molar-refractivity contribution in [1.82, 2.24) is 10.1 Å². The number of aromatic nitrogens is 1. The third kappa shape index (κ3) is 5.03. The molecule has 1 N–H and O–H groups in total. The van der Waals surface area contributed by atoms with Gasteiger partial charge < -0.3 is 4.52 Å². The lowest BCUT2D eigenvalue weighted by molar-refractivity contribution is 0.192. The van der Waals surface area contributed by atoms with E-state index in [-0.39, 0.29) is 11.5 Å². The summed E-state index contributed by atoms with van der Waals surface area (Å²) in [5.74, 6) is 1.24. The van der Waals surface area contributed by atoms with Crippen LogP contribution in [0.2, 0.25) is 5.02 Å². The molecule has 0 spiro atoms. The number of halogens is 1. The zero-order valence-electron chi connectivity index (χ0n) is 18.3. The van der Waals surface area contributed by atoms with Gasteiger partial charge in [-0.05, 0) is 54.3 Å². The molecule has 0 aliphatic carbocycles. The van der Waals surface area contributed by atoms with E-state index in [0.29, 0.717) is 5.82 Å². The van der Waals surface area contributed by atoms with Gasteiger partial charge in [0.05, 0.1) is 4.90 Å². The van der Waals surface area contributed by atoms with E-state index in [0.717, 1.165) is 35.2 Å². The Morgan fingerprint density at radius 1 is 1.16 bits per heavy atom. The van der Waals surface area contributed by atoms with Gasteiger partial charge in [0.2, 0.25) is 0 Å². The fourth-order valence-electron chi connectivity index (χ4n) is 3.81. The van der Waals surface area contributed by atoms with Crippen LogP contribution in [0, 0.1) is 0 Å². The molecule has 2 atom stereocenters. The van der Waals surface area contributed by atoms with E-state index in [9.17, 15) is 4.21 Å². The van der Waals surface area contributed by atoms with Crippen LogP contribution in [0.5, 0.6) is 0 Å². The lowest BCUT2D eigenvalue weighted by Gasteiger charge is -2.34. The van der Waals surface area contributed by atoms with Crippen molar-refractivity contribution >= 4 is 28.4 Å². The average molecular weight is 458 g/mol. The molecular formula is C24H28ClN3O2S. The van der Waals surface area contributed by atoms with E-state index in [1.54, 1.807) is 0 Å². The van der Waals surface area contributed by atoms with Crippen LogP contribution in [0.25, 0.3) is 0 Å². The highest BCUT2D eigenvalue weighted by Gasteiger charge is 2.24. The van der Waals surface area contributed by atoms with Crippen molar-refractivity contribution in [2.75, 3.05) is 11.3 Å². The predicted molar refractivity (Wildman–Crippen MR) is 126 cm³/mol. The number of nitrogens with one attached hydrogen (secondary N) is 1. The van der Waals surface area contributed by atoms with Crippen molar-refractivity contribution in [3.05, 3.63) is 76.0 Å². The van der Waals surface area contributed by atoms with Gasteiger partial charge in [-0.1, -0.05) is 55.7 Å². The number of hydrogen-bond acceptors (Lipinski definition) is 4. The van der Waals surface area contributed by atoms with Gasteiger partial charge in [-0.25, -0.2) is 4.21 Å². The largest absolute Gasteiger partial charge is 0.359 e. The molecule has 3 aromatic rings. The molecule has 4 rings (SSSR count). The van der Waals surface area contributed by atoms with Gasteiger partial charge in [0.25, 0.3) is 0 Å². The summed E-state index contributed by atoms with van der Waals surface area (Å²) in [6.07, 6.45) is 0.971. The van der Waals surface area contributed by atoms with Crippen molar-refractivity contribution in [3.8, 4) is 0 Å². The van der Waals surface area contributed by atoms with Gasteiger partial charge in [0.15, 0.2) is 16.8 Å². The molecule has 2 heterocycles. The van der Waals surface area contributed by atoms with Crippen LogP contribution >= 0.6 is 11.6 Å². The Kier molecular flexibility index (Phi) is 6.24. The molecule has 0 bridgehead atoms. The number of rotatable bonds is 5. The van der Waals surface area contributed by atoms with E-state index < -0.39 is 11.0 Å². The molecular weight excluding hydrogens is 430 g/mol. The topological polar surface area (TPSA) is 58.4 Å². The van der Waals surface area contributed by atoms with Crippen LogP contribution in [0.1, 0.15) is 56.2 Å². The van der Waals surface area contributed by atoms with Crippen LogP contribution in [-0.2, 0) is 29.4 Å². The summed E-state index contributed by atoms with van der Waals surface area (Å²) < 4.78 is 21.3. The van der Waals surface area contributed by atoms with E-state index in [1.165, 1.54) is 16.7 Å². The summed E-state index contributed by atoms with van der Waals surface area (Å²) >= 11 is 6.19. The molecule has 0 saturated carbocycles. The first-order valence-corrected chi connectivity index (χ1v) is 12.0. The molecule has 1 aliphatic heterocycles. The Morgan fingerprint density at radius 3 is 2.68 bits per heavy atom. The molecule has 31 heavy (non-hydrogen) atoms. The summed E-state index contributed by atoms with van der Waals surface area (Å²) in [4.78, 5) is 3.16. The summed E-state index contributed by atoms with van der Waals surface area (Å²) in [6.45, 7) is 10.1. The smallest absolute Gasteiger partial charge is 0.181 e. The van der Waals surface area contributed by atoms with Crippen molar-refractivity contribution in [1.29, 1.82) is 0 Å². The first kappa shape index (κ1) is 22.1. The maximum absolute atomic E-state index is 12.9. The van der Waals surface area contributed by atoms with Crippen LogP contribution in [0.15, 0.2) is 57.9 Å². The number of hydrogen-bond donors (Lipinski definition) is 1. The molecule has 0 radical (unpaired) electrons. The van der Waals surface area contributed by atoms with Crippen molar-refractivity contribution in [3.63, 3.8) is 0 Å². The fourth-order valence-corrected chi connectivity index (χ4v) is 4.85. The lowest BCUT2D eigenvalue weighted by Crippen LogP contribution is -2.33. The van der Waals surface area contributed by atoms with E-state index in [2.05, 4.69) is 33.8 Å². The second-order valence-corrected chi connectivity index (χ2v) is 10.7. The standard InChI is InChI=1S/C24H28ClN3O2S/c1-16(18-6-5-7-20(25)12-18)28-11-10-17-8-9-21(13-19(17)15-28)31(29)27-23-14-22(30-26-23)24(2,3)4/h5-9,12-14,16H,10-11,15H2,1-4H3,(H,26,27). The molecule has 2 aromatic carbocycles.